The number of hydrogen-bond donors (Lipinski definition) is 2. The van der Waals surface area contributed by atoms with E-state index < -0.39 is 18.2 Å². The fourth-order valence-electron chi connectivity index (χ4n) is 0.953. The molecule has 0 spiro atoms. The van der Waals surface area contributed by atoms with Crippen LogP contribution in [0.5, 0.6) is 0 Å². The molecule has 0 amide bonds. The summed E-state index contributed by atoms with van der Waals surface area (Å²) in [7, 11) is 0. The molecule has 68 valence electrons. The molecule has 2 nitrogen and oxygen atoms in total. The van der Waals surface area contributed by atoms with Crippen molar-refractivity contribution in [1.29, 1.82) is 0 Å². The van der Waals surface area contributed by atoms with E-state index in [0.717, 1.165) is 18.2 Å². The molecule has 0 aromatic carbocycles. The zero-order valence-electron chi connectivity index (χ0n) is 5.92. The summed E-state index contributed by atoms with van der Waals surface area (Å²) in [5, 5.41) is 17.6. The summed E-state index contributed by atoms with van der Waals surface area (Å²) in [6.45, 7) is 0. The Morgan fingerprint density at radius 3 is 2.33 bits per heavy atom. The summed E-state index contributed by atoms with van der Waals surface area (Å²) >= 11 is 0. The molecule has 0 saturated heterocycles. The second kappa shape index (κ2) is 2.82. The maximum Gasteiger partial charge on any atom is 0.397 e. The Morgan fingerprint density at radius 1 is 1.33 bits per heavy atom. The molecule has 2 N–H and O–H groups in total. The lowest BCUT2D eigenvalue weighted by molar-refractivity contribution is -0.179. The van der Waals surface area contributed by atoms with E-state index >= 15 is 0 Å². The van der Waals surface area contributed by atoms with Crippen LogP contribution in [0, 0.1) is 5.92 Å². The number of rotatable bonds is 0. The minimum absolute atomic E-state index is 0.344. The van der Waals surface area contributed by atoms with Gasteiger partial charge in [0.25, 0.3) is 0 Å². The Morgan fingerprint density at radius 2 is 1.92 bits per heavy atom. The first-order valence-electron chi connectivity index (χ1n) is 3.25. The Kier molecular flexibility index (Phi) is 2.14. The lowest BCUT2D eigenvalue weighted by Crippen LogP contribution is -2.32. The molecule has 2 atom stereocenters. The van der Waals surface area contributed by atoms with E-state index in [-0.39, 0.29) is 5.76 Å². The van der Waals surface area contributed by atoms with Crippen LogP contribution in [0.4, 0.5) is 13.2 Å². The van der Waals surface area contributed by atoms with Gasteiger partial charge in [0.15, 0.2) is 0 Å². The molecule has 0 heterocycles. The van der Waals surface area contributed by atoms with Gasteiger partial charge in [-0.2, -0.15) is 13.2 Å². The first-order chi connectivity index (χ1) is 5.41. The minimum Gasteiger partial charge on any atom is -0.508 e. The van der Waals surface area contributed by atoms with Crippen LogP contribution in [0.1, 0.15) is 0 Å². The second-order valence-corrected chi connectivity index (χ2v) is 2.51. The van der Waals surface area contributed by atoms with Crippen molar-refractivity contribution in [1.82, 2.24) is 0 Å². The molecule has 1 aliphatic rings. The number of halogens is 3. The SMILES string of the molecule is OC1=CC(O)C(C(F)(F)F)C=C1. The highest BCUT2D eigenvalue weighted by Crippen LogP contribution is 2.32. The third kappa shape index (κ3) is 1.79. The van der Waals surface area contributed by atoms with E-state index in [4.69, 9.17) is 10.2 Å². The lowest BCUT2D eigenvalue weighted by atomic mass is 9.96. The lowest BCUT2D eigenvalue weighted by Gasteiger charge is -2.22. The van der Waals surface area contributed by atoms with Gasteiger partial charge in [-0.25, -0.2) is 0 Å². The summed E-state index contributed by atoms with van der Waals surface area (Å²) in [4.78, 5) is 0. The third-order valence-electron chi connectivity index (χ3n) is 1.56. The van der Waals surface area contributed by atoms with Crippen LogP contribution in [0.15, 0.2) is 24.0 Å². The van der Waals surface area contributed by atoms with E-state index in [9.17, 15) is 13.2 Å². The van der Waals surface area contributed by atoms with Crippen LogP contribution < -0.4 is 0 Å². The zero-order valence-corrected chi connectivity index (χ0v) is 5.92. The molecule has 1 aliphatic carbocycles. The maximum atomic E-state index is 12.0. The molecular weight excluding hydrogens is 173 g/mol. The van der Waals surface area contributed by atoms with Gasteiger partial charge in [0.05, 0.1) is 6.10 Å². The van der Waals surface area contributed by atoms with E-state index in [1.54, 1.807) is 0 Å². The van der Waals surface area contributed by atoms with Gasteiger partial charge >= 0.3 is 6.18 Å². The smallest absolute Gasteiger partial charge is 0.397 e. The minimum atomic E-state index is -4.47. The molecule has 2 unspecified atom stereocenters. The highest BCUT2D eigenvalue weighted by molar-refractivity contribution is 5.21. The number of aliphatic hydroxyl groups excluding tert-OH is 2. The van der Waals surface area contributed by atoms with Crippen molar-refractivity contribution in [2.75, 3.05) is 0 Å². The molecule has 0 fully saturated rings. The van der Waals surface area contributed by atoms with Crippen molar-refractivity contribution >= 4 is 0 Å². The number of hydrogen-bond acceptors (Lipinski definition) is 2. The summed E-state index contributed by atoms with van der Waals surface area (Å²) in [5.74, 6) is -2.25. The van der Waals surface area contributed by atoms with Crippen molar-refractivity contribution < 1.29 is 23.4 Å². The first-order valence-corrected chi connectivity index (χ1v) is 3.25. The van der Waals surface area contributed by atoms with Gasteiger partial charge in [-0.15, -0.1) is 0 Å². The molecule has 0 bridgehead atoms. The summed E-state index contributed by atoms with van der Waals surface area (Å²) in [6.07, 6.45) is -3.73. The van der Waals surface area contributed by atoms with Crippen LogP contribution in [0.25, 0.3) is 0 Å². The molecule has 0 radical (unpaired) electrons. The van der Waals surface area contributed by atoms with Crippen LogP contribution >= 0.6 is 0 Å². The average Bonchev–Trinajstić information content (AvgIpc) is 1.83. The quantitative estimate of drug-likeness (QED) is 0.593. The summed E-state index contributed by atoms with van der Waals surface area (Å²) in [6, 6.07) is 0. The van der Waals surface area contributed by atoms with E-state index in [0.29, 0.717) is 0 Å². The first kappa shape index (κ1) is 9.12. The van der Waals surface area contributed by atoms with E-state index in [1.165, 1.54) is 0 Å². The van der Waals surface area contributed by atoms with Crippen molar-refractivity contribution in [2.24, 2.45) is 5.92 Å². The van der Waals surface area contributed by atoms with Gasteiger partial charge in [-0.05, 0) is 12.2 Å². The fraction of sp³-hybridized carbons (Fsp3) is 0.429. The summed E-state index contributed by atoms with van der Waals surface area (Å²) < 4.78 is 36.0. The van der Waals surface area contributed by atoms with E-state index in [1.807, 2.05) is 0 Å². The molecular formula is C7H7F3O2. The van der Waals surface area contributed by atoms with Crippen molar-refractivity contribution in [3.05, 3.63) is 24.0 Å². The molecule has 12 heavy (non-hydrogen) atoms. The number of alkyl halides is 3. The average molecular weight is 180 g/mol. The standard InChI is InChI=1S/C7H7F3O2/c8-7(9,10)5-2-1-4(11)3-6(5)12/h1-3,5-6,11-12H. The topological polar surface area (TPSA) is 40.5 Å². The third-order valence-corrected chi connectivity index (χ3v) is 1.56. The van der Waals surface area contributed by atoms with Gasteiger partial charge in [-0.3, -0.25) is 0 Å². The molecule has 0 aromatic heterocycles. The highest BCUT2D eigenvalue weighted by atomic mass is 19.4. The zero-order chi connectivity index (χ0) is 9.35. The Labute approximate surface area is 66.6 Å². The monoisotopic (exact) mass is 180 g/mol. The van der Waals surface area contributed by atoms with Crippen LogP contribution in [-0.4, -0.2) is 22.5 Å². The second-order valence-electron chi connectivity index (χ2n) is 2.51. The van der Waals surface area contributed by atoms with Gasteiger partial charge in [-0.1, -0.05) is 6.08 Å². The molecule has 5 heteroatoms. The van der Waals surface area contributed by atoms with Gasteiger partial charge in [0, 0.05) is 0 Å². The largest absolute Gasteiger partial charge is 0.508 e. The van der Waals surface area contributed by atoms with Gasteiger partial charge < -0.3 is 10.2 Å². The number of allylic oxidation sites excluding steroid dienone is 1. The molecule has 0 aliphatic heterocycles. The fourth-order valence-corrected chi connectivity index (χ4v) is 0.953. The maximum absolute atomic E-state index is 12.0. The van der Waals surface area contributed by atoms with Gasteiger partial charge in [0.2, 0.25) is 0 Å². The highest BCUT2D eigenvalue weighted by Gasteiger charge is 2.42. The predicted octanol–water partition coefficient (Wildman–Crippen LogP) is 1.54. The van der Waals surface area contributed by atoms with Crippen molar-refractivity contribution in [2.45, 2.75) is 12.3 Å². The van der Waals surface area contributed by atoms with Crippen LogP contribution in [-0.2, 0) is 0 Å². The summed E-state index contributed by atoms with van der Waals surface area (Å²) in [5.41, 5.74) is 0. The van der Waals surface area contributed by atoms with Crippen molar-refractivity contribution in [3.63, 3.8) is 0 Å². The van der Waals surface area contributed by atoms with Crippen molar-refractivity contribution in [3.8, 4) is 0 Å². The molecule has 0 saturated carbocycles. The Bertz CT molecular complexity index is 229. The van der Waals surface area contributed by atoms with Crippen LogP contribution in [0.2, 0.25) is 0 Å². The van der Waals surface area contributed by atoms with Gasteiger partial charge in [0.1, 0.15) is 11.7 Å². The predicted molar refractivity (Wildman–Crippen MR) is 35.4 cm³/mol. The molecule has 0 aromatic rings. The van der Waals surface area contributed by atoms with Crippen LogP contribution in [0.3, 0.4) is 0 Å². The normalized spacial score (nSPS) is 30.2. The number of aliphatic hydroxyl groups is 2. The Balaban J connectivity index is 2.80. The molecule has 1 rings (SSSR count). The van der Waals surface area contributed by atoms with E-state index in [2.05, 4.69) is 0 Å². The Hall–Kier alpha value is -0.970.